The van der Waals surface area contributed by atoms with Crippen molar-refractivity contribution in [1.82, 2.24) is 0 Å². The molecular formula is C24H32. The van der Waals surface area contributed by atoms with Crippen LogP contribution in [0, 0.1) is 30.1 Å². The fourth-order valence-electron chi connectivity index (χ4n) is 6.53. The number of benzene rings is 1. The molecule has 0 nitrogen and oxygen atoms in total. The van der Waals surface area contributed by atoms with E-state index in [1.54, 1.807) is 16.7 Å². The minimum atomic E-state index is 0.398. The Morgan fingerprint density at radius 1 is 1.29 bits per heavy atom. The molecule has 2 fully saturated rings. The molecule has 1 aromatic carbocycles. The highest BCUT2D eigenvalue weighted by molar-refractivity contribution is 5.39. The quantitative estimate of drug-likeness (QED) is 0.550. The summed E-state index contributed by atoms with van der Waals surface area (Å²) in [4.78, 5) is 0. The Morgan fingerprint density at radius 2 is 2.12 bits per heavy atom. The van der Waals surface area contributed by atoms with E-state index >= 15 is 0 Å². The van der Waals surface area contributed by atoms with Crippen molar-refractivity contribution in [2.75, 3.05) is 0 Å². The molecule has 5 unspecified atom stereocenters. The lowest BCUT2D eigenvalue weighted by Crippen LogP contribution is -2.42. The summed E-state index contributed by atoms with van der Waals surface area (Å²) in [7, 11) is 0. The van der Waals surface area contributed by atoms with Crippen molar-refractivity contribution in [2.24, 2.45) is 23.2 Å². The molecule has 24 heavy (non-hydrogen) atoms. The van der Waals surface area contributed by atoms with Gasteiger partial charge in [0.2, 0.25) is 0 Å². The smallest absolute Gasteiger partial charge is 0.00849 e. The van der Waals surface area contributed by atoms with Crippen molar-refractivity contribution in [1.29, 1.82) is 0 Å². The maximum atomic E-state index is 4.54. The van der Waals surface area contributed by atoms with Gasteiger partial charge in [-0.2, -0.15) is 0 Å². The molecule has 3 aliphatic carbocycles. The Balaban J connectivity index is 1.69. The zero-order chi connectivity index (χ0) is 16.9. The van der Waals surface area contributed by atoms with Crippen LogP contribution in [0.2, 0.25) is 0 Å². The number of rotatable bonds is 3. The van der Waals surface area contributed by atoms with Crippen molar-refractivity contribution >= 4 is 0 Å². The lowest BCUT2D eigenvalue weighted by molar-refractivity contribution is 0.0481. The average molecular weight is 321 g/mol. The van der Waals surface area contributed by atoms with Gasteiger partial charge in [0.25, 0.3) is 0 Å². The van der Waals surface area contributed by atoms with E-state index in [1.807, 2.05) is 0 Å². The molecular weight excluding hydrogens is 288 g/mol. The van der Waals surface area contributed by atoms with Crippen LogP contribution in [-0.4, -0.2) is 0 Å². The van der Waals surface area contributed by atoms with Crippen molar-refractivity contribution in [3.8, 4) is 0 Å². The van der Waals surface area contributed by atoms with Crippen LogP contribution >= 0.6 is 0 Å². The Labute approximate surface area is 148 Å². The number of allylic oxidation sites excluding steroid dienone is 2. The van der Waals surface area contributed by atoms with Gasteiger partial charge in [0.05, 0.1) is 0 Å². The van der Waals surface area contributed by atoms with E-state index in [2.05, 4.69) is 51.3 Å². The van der Waals surface area contributed by atoms with Crippen molar-refractivity contribution in [3.05, 3.63) is 59.7 Å². The van der Waals surface area contributed by atoms with E-state index in [9.17, 15) is 0 Å². The first-order valence-corrected chi connectivity index (χ1v) is 9.93. The number of fused-ring (bicyclic) bond motifs is 5. The second kappa shape index (κ2) is 5.90. The van der Waals surface area contributed by atoms with Crippen LogP contribution in [0.1, 0.15) is 68.1 Å². The molecule has 0 aromatic heterocycles. The van der Waals surface area contributed by atoms with Gasteiger partial charge in [-0.05, 0) is 92.1 Å². The molecule has 0 heterocycles. The molecule has 0 aliphatic heterocycles. The molecule has 0 saturated heterocycles. The highest BCUT2D eigenvalue weighted by Crippen LogP contribution is 2.65. The molecule has 4 rings (SSSR count). The summed E-state index contributed by atoms with van der Waals surface area (Å²) in [5.41, 5.74) is 6.69. The summed E-state index contributed by atoms with van der Waals surface area (Å²) in [5.74, 6) is 3.34. The Bertz CT molecular complexity index is 667. The topological polar surface area (TPSA) is 0 Å². The average Bonchev–Trinajstić information content (AvgIpc) is 2.83. The summed E-state index contributed by atoms with van der Waals surface area (Å²) < 4.78 is 0. The van der Waals surface area contributed by atoms with Gasteiger partial charge in [-0.25, -0.2) is 0 Å². The van der Waals surface area contributed by atoms with Crippen LogP contribution < -0.4 is 0 Å². The van der Waals surface area contributed by atoms with E-state index in [4.69, 9.17) is 0 Å². The largest absolute Gasteiger partial charge is 0.103 e. The van der Waals surface area contributed by atoms with Crippen molar-refractivity contribution in [3.63, 3.8) is 0 Å². The minimum Gasteiger partial charge on any atom is -0.103 e. The van der Waals surface area contributed by atoms with Gasteiger partial charge in [0.1, 0.15) is 0 Å². The molecule has 2 saturated carbocycles. The van der Waals surface area contributed by atoms with Crippen molar-refractivity contribution < 1.29 is 0 Å². The van der Waals surface area contributed by atoms with Crippen LogP contribution in [0.4, 0.5) is 0 Å². The molecule has 0 heteroatoms. The van der Waals surface area contributed by atoms with Crippen LogP contribution in [0.15, 0.2) is 43.0 Å². The molecule has 0 radical (unpaired) electrons. The number of hydrogen-bond donors (Lipinski definition) is 0. The van der Waals surface area contributed by atoms with Crippen LogP contribution in [0.25, 0.3) is 0 Å². The summed E-state index contributed by atoms with van der Waals surface area (Å²) in [5, 5.41) is 0. The molecule has 0 amide bonds. The highest BCUT2D eigenvalue weighted by atomic mass is 14.6. The highest BCUT2D eigenvalue weighted by Gasteiger charge is 2.55. The van der Waals surface area contributed by atoms with Crippen molar-refractivity contribution in [2.45, 2.75) is 64.7 Å². The molecule has 0 spiro atoms. The third-order valence-corrected chi connectivity index (χ3v) is 7.70. The molecule has 128 valence electrons. The maximum Gasteiger partial charge on any atom is -0.00849 e. The lowest BCUT2D eigenvalue weighted by atomic mass is 9.53. The molecule has 0 bridgehead atoms. The van der Waals surface area contributed by atoms with Gasteiger partial charge in [0, 0.05) is 0 Å². The predicted molar refractivity (Wildman–Crippen MR) is 103 cm³/mol. The Kier molecular flexibility index (Phi) is 3.98. The number of aryl methyl sites for hydroxylation is 2. The van der Waals surface area contributed by atoms with Gasteiger partial charge in [-0.3, -0.25) is 0 Å². The first-order chi connectivity index (χ1) is 11.5. The normalized spacial score (nSPS) is 37.5. The van der Waals surface area contributed by atoms with E-state index in [1.165, 1.54) is 44.1 Å². The third kappa shape index (κ3) is 2.33. The van der Waals surface area contributed by atoms with E-state index in [0.29, 0.717) is 5.41 Å². The maximum absolute atomic E-state index is 4.54. The molecule has 0 N–H and O–H groups in total. The zero-order valence-corrected chi connectivity index (χ0v) is 15.5. The van der Waals surface area contributed by atoms with Gasteiger partial charge in [-0.1, -0.05) is 48.9 Å². The zero-order valence-electron chi connectivity index (χ0n) is 15.5. The van der Waals surface area contributed by atoms with E-state index in [0.717, 1.165) is 30.1 Å². The number of hydrogen-bond acceptors (Lipinski definition) is 0. The monoisotopic (exact) mass is 320 g/mol. The summed E-state index contributed by atoms with van der Waals surface area (Å²) >= 11 is 0. The fourth-order valence-corrected chi connectivity index (χ4v) is 6.53. The van der Waals surface area contributed by atoms with E-state index in [-0.39, 0.29) is 0 Å². The second-order valence-corrected chi connectivity index (χ2v) is 8.93. The summed E-state index contributed by atoms with van der Waals surface area (Å²) in [6.07, 6.45) is 11.2. The van der Waals surface area contributed by atoms with Gasteiger partial charge >= 0.3 is 0 Å². The van der Waals surface area contributed by atoms with Gasteiger partial charge < -0.3 is 0 Å². The van der Waals surface area contributed by atoms with E-state index < -0.39 is 0 Å². The summed E-state index contributed by atoms with van der Waals surface area (Å²) in [6, 6.07) is 7.23. The standard InChI is InChI=1S/C24H32/c1-5-6-7-19-15-17(3)24(4)13-12-21-20-10-8-16(2)14-18(20)9-11-22(21)23(19)24/h5,8,10,14,19,21-23H,1,3,6-7,9,11-13,15H2,2,4H3. The first kappa shape index (κ1) is 16.2. The lowest BCUT2D eigenvalue weighted by Gasteiger charge is -2.51. The predicted octanol–water partition coefficient (Wildman–Crippen LogP) is 6.60. The van der Waals surface area contributed by atoms with Gasteiger partial charge in [-0.15, -0.1) is 6.58 Å². The first-order valence-electron chi connectivity index (χ1n) is 9.93. The van der Waals surface area contributed by atoms with Gasteiger partial charge in [0.15, 0.2) is 0 Å². The minimum absolute atomic E-state index is 0.398. The summed E-state index contributed by atoms with van der Waals surface area (Å²) in [6.45, 7) is 13.3. The SMILES string of the molecule is C=CCCC1CC(=C)C2(C)CCC3c4ccc(C)cc4CCC3C12. The van der Waals surface area contributed by atoms with Crippen LogP contribution in [-0.2, 0) is 6.42 Å². The molecule has 1 aromatic rings. The fraction of sp³-hybridized carbons (Fsp3) is 0.583. The molecule has 3 aliphatic rings. The Morgan fingerprint density at radius 3 is 2.92 bits per heavy atom. The second-order valence-electron chi connectivity index (χ2n) is 8.93. The Hall–Kier alpha value is -1.30. The van der Waals surface area contributed by atoms with Crippen LogP contribution in [0.5, 0.6) is 0 Å². The molecule has 5 atom stereocenters. The van der Waals surface area contributed by atoms with Crippen LogP contribution in [0.3, 0.4) is 0 Å². The third-order valence-electron chi connectivity index (χ3n) is 7.70.